The second-order valence-electron chi connectivity index (χ2n) is 7.55. The second-order valence-corrected chi connectivity index (χ2v) is 7.55. The smallest absolute Gasteiger partial charge is 0.335 e. The molecule has 3 aromatic carbocycles. The van der Waals surface area contributed by atoms with Crippen molar-refractivity contribution < 1.29 is 9.90 Å². The molecule has 0 saturated carbocycles. The zero-order valence-electron chi connectivity index (χ0n) is 17.1. The van der Waals surface area contributed by atoms with Crippen molar-refractivity contribution in [2.75, 3.05) is 0 Å². The van der Waals surface area contributed by atoms with Gasteiger partial charge in [-0.15, -0.1) is 0 Å². The number of aryl methyl sites for hydroxylation is 1. The van der Waals surface area contributed by atoms with Gasteiger partial charge in [0.25, 0.3) is 0 Å². The van der Waals surface area contributed by atoms with Gasteiger partial charge in [0, 0.05) is 41.1 Å². The van der Waals surface area contributed by atoms with Crippen LogP contribution in [0.1, 0.15) is 38.2 Å². The van der Waals surface area contributed by atoms with E-state index in [0.29, 0.717) is 23.8 Å². The summed E-state index contributed by atoms with van der Waals surface area (Å²) in [5, 5.41) is 9.63. The lowest BCUT2D eigenvalue weighted by molar-refractivity contribution is 0.0697. The van der Waals surface area contributed by atoms with E-state index in [1.54, 1.807) is 30.5 Å². The van der Waals surface area contributed by atoms with Gasteiger partial charge in [-0.1, -0.05) is 53.8 Å². The van der Waals surface area contributed by atoms with Crippen LogP contribution in [0, 0.1) is 18.8 Å². The number of fused-ring (bicyclic) bond motifs is 1. The van der Waals surface area contributed by atoms with Crippen molar-refractivity contribution in [3.8, 4) is 11.8 Å². The molecule has 0 aliphatic heterocycles. The molecule has 0 radical (unpaired) electrons. The highest BCUT2D eigenvalue weighted by molar-refractivity contribution is 5.87. The fourth-order valence-electron chi connectivity index (χ4n) is 3.53. The number of hydrogen-bond donors (Lipinski definition) is 2. The van der Waals surface area contributed by atoms with Crippen LogP contribution in [0.2, 0.25) is 0 Å². The fourth-order valence-corrected chi connectivity index (χ4v) is 3.53. The lowest BCUT2D eigenvalue weighted by atomic mass is 10.0. The number of benzene rings is 3. The average Bonchev–Trinajstić information content (AvgIpc) is 2.76. The summed E-state index contributed by atoms with van der Waals surface area (Å²) in [6.45, 7) is 2.06. The Bertz CT molecular complexity index is 1390. The van der Waals surface area contributed by atoms with E-state index in [-0.39, 0.29) is 11.0 Å². The number of aromatic nitrogens is 1. The normalized spacial score (nSPS) is 10.5. The van der Waals surface area contributed by atoms with Crippen molar-refractivity contribution in [3.63, 3.8) is 0 Å². The van der Waals surface area contributed by atoms with E-state index in [1.165, 1.54) is 11.1 Å². The highest BCUT2D eigenvalue weighted by Crippen LogP contribution is 2.14. The van der Waals surface area contributed by atoms with Crippen molar-refractivity contribution in [3.05, 3.63) is 117 Å². The maximum atomic E-state index is 13.0. The van der Waals surface area contributed by atoms with E-state index in [9.17, 15) is 9.59 Å². The molecule has 0 amide bonds. The number of carboxylic acids is 1. The van der Waals surface area contributed by atoms with E-state index < -0.39 is 5.97 Å². The Morgan fingerprint density at radius 3 is 2.55 bits per heavy atom. The number of pyridine rings is 1. The third-order valence-corrected chi connectivity index (χ3v) is 5.16. The van der Waals surface area contributed by atoms with Crippen molar-refractivity contribution in [2.45, 2.75) is 19.8 Å². The standard InChI is InChI=1S/C27H21NO3/c1-18-4-2-5-19(14-18)6-3-7-20-10-13-25-24(16-20)26(29)23(17-28-25)15-21-8-11-22(12-9-21)27(30)31/h2,4-5,8-14,16-17H,6,15H2,1H3,(H,28,29)(H,30,31). The molecule has 1 heterocycles. The van der Waals surface area contributed by atoms with Crippen LogP contribution in [-0.4, -0.2) is 16.1 Å². The van der Waals surface area contributed by atoms with E-state index in [2.05, 4.69) is 41.9 Å². The van der Waals surface area contributed by atoms with Gasteiger partial charge in [0.05, 0.1) is 5.56 Å². The summed E-state index contributed by atoms with van der Waals surface area (Å²) in [6.07, 6.45) is 2.80. The average molecular weight is 407 g/mol. The van der Waals surface area contributed by atoms with Gasteiger partial charge in [-0.2, -0.15) is 0 Å². The molecular weight excluding hydrogens is 386 g/mol. The number of aromatic amines is 1. The van der Waals surface area contributed by atoms with Crippen LogP contribution in [0.3, 0.4) is 0 Å². The molecule has 0 fully saturated rings. The van der Waals surface area contributed by atoms with Gasteiger partial charge >= 0.3 is 5.97 Å². The minimum atomic E-state index is -0.967. The largest absolute Gasteiger partial charge is 0.478 e. The topological polar surface area (TPSA) is 70.2 Å². The molecule has 4 heteroatoms. The maximum Gasteiger partial charge on any atom is 0.335 e. The van der Waals surface area contributed by atoms with E-state index >= 15 is 0 Å². The van der Waals surface area contributed by atoms with Crippen molar-refractivity contribution in [2.24, 2.45) is 0 Å². The van der Waals surface area contributed by atoms with Crippen LogP contribution in [0.5, 0.6) is 0 Å². The molecule has 1 aromatic heterocycles. The Kier molecular flexibility index (Phi) is 5.68. The van der Waals surface area contributed by atoms with Gasteiger partial charge in [0.1, 0.15) is 0 Å². The first-order valence-electron chi connectivity index (χ1n) is 10.0. The summed E-state index contributed by atoms with van der Waals surface area (Å²) in [5.41, 5.74) is 5.63. The Balaban J connectivity index is 1.59. The first-order valence-corrected chi connectivity index (χ1v) is 10.0. The molecule has 0 aliphatic carbocycles. The maximum absolute atomic E-state index is 13.0. The van der Waals surface area contributed by atoms with Crippen LogP contribution >= 0.6 is 0 Å². The van der Waals surface area contributed by atoms with Crippen LogP contribution in [0.4, 0.5) is 0 Å². The SMILES string of the molecule is Cc1cccc(CC#Cc2ccc3[nH]cc(Cc4ccc(C(=O)O)cc4)c(=O)c3c2)c1. The molecule has 0 atom stereocenters. The predicted molar refractivity (Wildman–Crippen MR) is 123 cm³/mol. The summed E-state index contributed by atoms with van der Waals surface area (Å²) in [5.74, 6) is 5.38. The van der Waals surface area contributed by atoms with Gasteiger partial charge in [0.2, 0.25) is 0 Å². The molecule has 0 bridgehead atoms. The number of carbonyl (C=O) groups is 1. The Hall–Kier alpha value is -4.10. The van der Waals surface area contributed by atoms with Gasteiger partial charge in [0.15, 0.2) is 5.43 Å². The van der Waals surface area contributed by atoms with Gasteiger partial charge < -0.3 is 10.1 Å². The van der Waals surface area contributed by atoms with Crippen molar-refractivity contribution in [1.29, 1.82) is 0 Å². The lowest BCUT2D eigenvalue weighted by Gasteiger charge is -2.05. The Morgan fingerprint density at radius 2 is 1.81 bits per heavy atom. The minimum absolute atomic E-state index is 0.0432. The van der Waals surface area contributed by atoms with Gasteiger partial charge in [-0.05, 0) is 48.4 Å². The first kappa shape index (κ1) is 20.2. The van der Waals surface area contributed by atoms with E-state index in [4.69, 9.17) is 5.11 Å². The summed E-state index contributed by atoms with van der Waals surface area (Å²) in [4.78, 5) is 27.2. The molecule has 31 heavy (non-hydrogen) atoms. The monoisotopic (exact) mass is 407 g/mol. The minimum Gasteiger partial charge on any atom is -0.478 e. The third kappa shape index (κ3) is 4.73. The first-order chi connectivity index (χ1) is 15.0. The highest BCUT2D eigenvalue weighted by atomic mass is 16.4. The molecule has 0 saturated heterocycles. The predicted octanol–water partition coefficient (Wildman–Crippen LogP) is 4.72. The quantitative estimate of drug-likeness (QED) is 0.481. The molecule has 2 N–H and O–H groups in total. The molecular formula is C27H21NO3. The number of rotatable bonds is 4. The molecule has 4 nitrogen and oxygen atoms in total. The summed E-state index contributed by atoms with van der Waals surface area (Å²) < 4.78 is 0. The number of nitrogens with one attached hydrogen (secondary N) is 1. The van der Waals surface area contributed by atoms with Gasteiger partial charge in [-0.3, -0.25) is 4.79 Å². The van der Waals surface area contributed by atoms with Crippen LogP contribution < -0.4 is 5.43 Å². The Labute approximate surface area is 180 Å². The van der Waals surface area contributed by atoms with Gasteiger partial charge in [-0.25, -0.2) is 4.79 Å². The number of H-pyrrole nitrogens is 1. The fraction of sp³-hybridized carbons (Fsp3) is 0.111. The summed E-state index contributed by atoms with van der Waals surface area (Å²) in [7, 11) is 0. The zero-order valence-corrected chi connectivity index (χ0v) is 17.1. The second kappa shape index (κ2) is 8.73. The van der Waals surface area contributed by atoms with Crippen LogP contribution in [-0.2, 0) is 12.8 Å². The molecule has 0 aliphatic rings. The molecule has 0 unspecified atom stereocenters. The number of aromatic carboxylic acids is 1. The van der Waals surface area contributed by atoms with E-state index in [0.717, 1.165) is 16.6 Å². The summed E-state index contributed by atoms with van der Waals surface area (Å²) >= 11 is 0. The van der Waals surface area contributed by atoms with E-state index in [1.807, 2.05) is 24.3 Å². The highest BCUT2D eigenvalue weighted by Gasteiger charge is 2.08. The van der Waals surface area contributed by atoms with Crippen LogP contribution in [0.25, 0.3) is 10.9 Å². The van der Waals surface area contributed by atoms with Crippen molar-refractivity contribution >= 4 is 16.9 Å². The van der Waals surface area contributed by atoms with Crippen LogP contribution in [0.15, 0.2) is 77.7 Å². The summed E-state index contributed by atoms with van der Waals surface area (Å²) in [6, 6.07) is 20.4. The molecule has 152 valence electrons. The Morgan fingerprint density at radius 1 is 1.00 bits per heavy atom. The number of hydrogen-bond acceptors (Lipinski definition) is 2. The lowest BCUT2D eigenvalue weighted by Crippen LogP contribution is -2.11. The zero-order chi connectivity index (χ0) is 21.8. The number of carboxylic acid groups (broad SMARTS) is 1. The van der Waals surface area contributed by atoms with Crippen molar-refractivity contribution in [1.82, 2.24) is 4.98 Å². The molecule has 4 rings (SSSR count). The molecule has 0 spiro atoms. The molecule has 4 aromatic rings. The third-order valence-electron chi connectivity index (χ3n) is 5.16.